The molecule has 0 unspecified atom stereocenters. The van der Waals surface area contributed by atoms with Crippen LogP contribution < -0.4 is 15.0 Å². The summed E-state index contributed by atoms with van der Waals surface area (Å²) in [5.74, 6) is 0.786. The van der Waals surface area contributed by atoms with Gasteiger partial charge in [0.1, 0.15) is 6.10 Å². The van der Waals surface area contributed by atoms with E-state index >= 15 is 0 Å². The molecule has 2 aromatic heterocycles. The van der Waals surface area contributed by atoms with Gasteiger partial charge in [-0.05, 0) is 13.0 Å². The number of rotatable bonds is 3. The Kier molecular flexibility index (Phi) is 4.07. The molecule has 0 amide bonds. The van der Waals surface area contributed by atoms with Crippen LogP contribution in [-0.2, 0) is 4.74 Å². The van der Waals surface area contributed by atoms with Gasteiger partial charge < -0.3 is 19.7 Å². The van der Waals surface area contributed by atoms with Crippen LogP contribution >= 0.6 is 11.6 Å². The molecule has 0 bridgehead atoms. The minimum atomic E-state index is -0.421. The van der Waals surface area contributed by atoms with Gasteiger partial charge >= 0.3 is 5.97 Å². The number of hydrogen-bond acceptors (Lipinski definition) is 8. The van der Waals surface area contributed by atoms with Crippen molar-refractivity contribution < 1.29 is 14.3 Å². The molecule has 2 aliphatic heterocycles. The van der Waals surface area contributed by atoms with Crippen molar-refractivity contribution in [3.63, 3.8) is 0 Å². The molecule has 9 heteroatoms. The number of pyridine rings is 1. The molecule has 8 nitrogen and oxygen atoms in total. The Labute approximate surface area is 155 Å². The van der Waals surface area contributed by atoms with Crippen LogP contribution in [0.25, 0.3) is 0 Å². The molecule has 0 saturated carbocycles. The summed E-state index contributed by atoms with van der Waals surface area (Å²) in [5, 5.41) is 11.7. The van der Waals surface area contributed by atoms with Crippen LogP contribution in [0.5, 0.6) is 5.88 Å². The van der Waals surface area contributed by atoms with Crippen molar-refractivity contribution in [3.8, 4) is 5.88 Å². The van der Waals surface area contributed by atoms with Gasteiger partial charge in [-0.25, -0.2) is 9.78 Å². The van der Waals surface area contributed by atoms with Gasteiger partial charge in [-0.15, -0.1) is 10.2 Å². The molecule has 4 heterocycles. The topological polar surface area (TPSA) is 89.5 Å². The third-order valence-electron chi connectivity index (χ3n) is 4.82. The first-order valence-corrected chi connectivity index (χ1v) is 8.62. The van der Waals surface area contributed by atoms with Crippen LogP contribution in [0.2, 0.25) is 5.15 Å². The SMILES string of the molecule is COC(=O)c1ccc(O[C@H]2CN3c4cc(Cl)nnc4NC[C@]3(C)C2)nc1. The summed E-state index contributed by atoms with van der Waals surface area (Å²) in [5.41, 5.74) is 1.21. The molecular formula is C17H18ClN5O3. The van der Waals surface area contributed by atoms with Crippen LogP contribution in [0, 0.1) is 0 Å². The van der Waals surface area contributed by atoms with Gasteiger partial charge in [0, 0.05) is 31.3 Å². The zero-order valence-corrected chi connectivity index (χ0v) is 15.2. The Hall–Kier alpha value is -2.61. The second-order valence-electron chi connectivity index (χ2n) is 6.68. The third-order valence-corrected chi connectivity index (χ3v) is 5.01. The monoisotopic (exact) mass is 375 g/mol. The second kappa shape index (κ2) is 6.28. The molecule has 136 valence electrons. The van der Waals surface area contributed by atoms with Crippen molar-refractivity contribution in [1.29, 1.82) is 0 Å². The predicted molar refractivity (Wildman–Crippen MR) is 95.9 cm³/mol. The van der Waals surface area contributed by atoms with Gasteiger partial charge in [0.2, 0.25) is 5.88 Å². The van der Waals surface area contributed by atoms with Gasteiger partial charge in [-0.2, -0.15) is 0 Å². The lowest BCUT2D eigenvalue weighted by Crippen LogP contribution is -2.50. The van der Waals surface area contributed by atoms with E-state index in [4.69, 9.17) is 16.3 Å². The zero-order valence-electron chi connectivity index (χ0n) is 14.4. The lowest BCUT2D eigenvalue weighted by Gasteiger charge is -2.41. The number of anilines is 2. The van der Waals surface area contributed by atoms with E-state index in [1.807, 2.05) is 6.07 Å². The van der Waals surface area contributed by atoms with E-state index in [1.54, 1.807) is 12.1 Å². The van der Waals surface area contributed by atoms with E-state index < -0.39 is 5.97 Å². The van der Waals surface area contributed by atoms with Crippen molar-refractivity contribution in [1.82, 2.24) is 15.2 Å². The molecule has 0 aromatic carbocycles. The number of nitrogens with one attached hydrogen (secondary N) is 1. The highest BCUT2D eigenvalue weighted by Gasteiger charge is 2.46. The van der Waals surface area contributed by atoms with Crippen molar-refractivity contribution in [2.24, 2.45) is 0 Å². The normalized spacial score (nSPS) is 23.7. The lowest BCUT2D eigenvalue weighted by molar-refractivity contribution is 0.0600. The molecule has 26 heavy (non-hydrogen) atoms. The van der Waals surface area contributed by atoms with Gasteiger partial charge in [0.05, 0.1) is 30.4 Å². The highest BCUT2D eigenvalue weighted by atomic mass is 35.5. The van der Waals surface area contributed by atoms with Gasteiger partial charge in [-0.3, -0.25) is 0 Å². The largest absolute Gasteiger partial charge is 0.472 e. The number of fused-ring (bicyclic) bond motifs is 3. The lowest BCUT2D eigenvalue weighted by atomic mass is 9.96. The first-order valence-electron chi connectivity index (χ1n) is 8.24. The van der Waals surface area contributed by atoms with E-state index in [9.17, 15) is 4.79 Å². The Morgan fingerprint density at radius 1 is 1.42 bits per heavy atom. The molecule has 2 aromatic rings. The van der Waals surface area contributed by atoms with Crippen molar-refractivity contribution in [3.05, 3.63) is 35.1 Å². The summed E-state index contributed by atoms with van der Waals surface area (Å²) in [6.45, 7) is 3.60. The molecule has 1 N–H and O–H groups in total. The minimum Gasteiger partial charge on any atom is -0.472 e. The van der Waals surface area contributed by atoms with Crippen molar-refractivity contribution in [2.75, 3.05) is 30.4 Å². The first-order chi connectivity index (χ1) is 12.5. The number of esters is 1. The standard InChI is InChI=1S/C17H18ClN5O3/c1-17-6-11(26-14-4-3-10(7-19-14)16(24)25-2)8-23(17)12-5-13(18)21-22-15(12)20-9-17/h3-5,7,11H,6,8-9H2,1-2H3,(H,20,22)/t11-,17+/m1/s1. The predicted octanol–water partition coefficient (Wildman–Crippen LogP) is 2.15. The highest BCUT2D eigenvalue weighted by Crippen LogP contribution is 2.42. The zero-order chi connectivity index (χ0) is 18.3. The fraction of sp³-hybridized carbons (Fsp3) is 0.412. The number of hydrogen-bond donors (Lipinski definition) is 1. The maximum atomic E-state index is 11.5. The summed E-state index contributed by atoms with van der Waals surface area (Å²) >= 11 is 6.02. The van der Waals surface area contributed by atoms with E-state index in [-0.39, 0.29) is 11.6 Å². The van der Waals surface area contributed by atoms with Gasteiger partial charge in [-0.1, -0.05) is 11.6 Å². The Bertz CT molecular complexity index is 847. The summed E-state index contributed by atoms with van der Waals surface area (Å²) in [6, 6.07) is 5.14. The number of ether oxygens (including phenoxy) is 2. The van der Waals surface area contributed by atoms with Crippen molar-refractivity contribution >= 4 is 29.1 Å². The number of carbonyl (C=O) groups excluding carboxylic acids is 1. The summed E-state index contributed by atoms with van der Waals surface area (Å²) in [4.78, 5) is 18.0. The summed E-state index contributed by atoms with van der Waals surface area (Å²) < 4.78 is 10.7. The molecular weight excluding hydrogens is 358 g/mol. The maximum absolute atomic E-state index is 11.5. The first kappa shape index (κ1) is 16.8. The Morgan fingerprint density at radius 2 is 2.27 bits per heavy atom. The molecule has 0 aliphatic carbocycles. The molecule has 2 atom stereocenters. The van der Waals surface area contributed by atoms with Gasteiger partial charge in [0.25, 0.3) is 0 Å². The summed E-state index contributed by atoms with van der Waals surface area (Å²) in [7, 11) is 1.34. The van der Waals surface area contributed by atoms with Crippen molar-refractivity contribution in [2.45, 2.75) is 25.0 Å². The van der Waals surface area contributed by atoms with E-state index in [0.29, 0.717) is 23.1 Å². The number of halogens is 1. The number of aromatic nitrogens is 3. The molecule has 1 fully saturated rings. The minimum absolute atomic E-state index is 0.0452. The third kappa shape index (κ3) is 2.90. The van der Waals surface area contributed by atoms with Crippen LogP contribution in [0.15, 0.2) is 24.4 Å². The van der Waals surface area contributed by atoms with Crippen LogP contribution in [-0.4, -0.2) is 53.0 Å². The molecule has 4 rings (SSSR count). The number of methoxy groups -OCH3 is 1. The molecule has 2 aliphatic rings. The van der Waals surface area contributed by atoms with Crippen LogP contribution in [0.3, 0.4) is 0 Å². The average Bonchev–Trinajstić information content (AvgIpc) is 2.98. The second-order valence-corrected chi connectivity index (χ2v) is 7.07. The Morgan fingerprint density at radius 3 is 3.00 bits per heavy atom. The average molecular weight is 376 g/mol. The fourth-order valence-electron chi connectivity index (χ4n) is 3.55. The molecule has 0 spiro atoms. The van der Waals surface area contributed by atoms with E-state index in [2.05, 4.69) is 37.1 Å². The van der Waals surface area contributed by atoms with E-state index in [0.717, 1.165) is 24.5 Å². The highest BCUT2D eigenvalue weighted by molar-refractivity contribution is 6.29. The van der Waals surface area contributed by atoms with E-state index in [1.165, 1.54) is 13.3 Å². The number of carbonyl (C=O) groups is 1. The molecule has 0 radical (unpaired) electrons. The number of nitrogens with zero attached hydrogens (tertiary/aromatic N) is 4. The fourth-order valence-corrected chi connectivity index (χ4v) is 3.69. The Balaban J connectivity index is 1.52. The van der Waals surface area contributed by atoms with Crippen LogP contribution in [0.4, 0.5) is 11.5 Å². The smallest absolute Gasteiger partial charge is 0.339 e. The molecule has 1 saturated heterocycles. The maximum Gasteiger partial charge on any atom is 0.339 e. The summed E-state index contributed by atoms with van der Waals surface area (Å²) in [6.07, 6.45) is 2.23. The van der Waals surface area contributed by atoms with Crippen LogP contribution in [0.1, 0.15) is 23.7 Å². The van der Waals surface area contributed by atoms with Gasteiger partial charge in [0.15, 0.2) is 11.0 Å². The quantitative estimate of drug-likeness (QED) is 0.816.